The molecule has 0 aliphatic carbocycles. The average Bonchev–Trinajstić information content (AvgIpc) is 2.92. The molecule has 0 spiro atoms. The lowest BCUT2D eigenvalue weighted by Gasteiger charge is -2.21. The Morgan fingerprint density at radius 2 is 1.29 bits per heavy atom. The van der Waals surface area contributed by atoms with Crippen LogP contribution in [0, 0.1) is 11.8 Å². The minimum Gasteiger partial charge on any atom is -0.493 e. The molecule has 0 saturated carbocycles. The number of benzene rings is 2. The summed E-state index contributed by atoms with van der Waals surface area (Å²) in [5.41, 5.74) is -5.83. The first-order chi connectivity index (χ1) is 19.3. The first-order valence-corrected chi connectivity index (χ1v) is 15.3. The topological polar surface area (TPSA) is 35.5 Å². The standard InChI is InChI=1S/C31H41F6O3P/c1-5-9-12-21(7-3)19-39-23-16-17-27(26(18-23)40-20-22(8-4)13-10-6-2)41-29(38)28-24(30(32,33)34)14-11-15-25(28)31(35,36)37/h11,14-18,21-22,41H,5-10,12-13,19-20H2,1-4H3. The summed E-state index contributed by atoms with van der Waals surface area (Å²) < 4.78 is 94.3. The Morgan fingerprint density at radius 3 is 1.76 bits per heavy atom. The second-order valence-electron chi connectivity index (χ2n) is 10.3. The van der Waals surface area contributed by atoms with Gasteiger partial charge in [-0.1, -0.05) is 72.3 Å². The largest absolute Gasteiger partial charge is 0.493 e. The van der Waals surface area contributed by atoms with Gasteiger partial charge in [0, 0.05) is 16.9 Å². The number of alkyl halides is 6. The zero-order valence-electron chi connectivity index (χ0n) is 24.2. The van der Waals surface area contributed by atoms with E-state index in [2.05, 4.69) is 20.8 Å². The lowest BCUT2D eigenvalue weighted by Crippen LogP contribution is -2.20. The molecule has 0 saturated heterocycles. The number of carbonyl (C=O) groups is 1. The smallest absolute Gasteiger partial charge is 0.417 e. The van der Waals surface area contributed by atoms with Crippen molar-refractivity contribution in [3.8, 4) is 11.5 Å². The van der Waals surface area contributed by atoms with E-state index in [-0.39, 0.29) is 17.0 Å². The maximum Gasteiger partial charge on any atom is 0.417 e. The highest BCUT2D eigenvalue weighted by Gasteiger charge is 2.42. The van der Waals surface area contributed by atoms with Crippen LogP contribution in [0.1, 0.15) is 101 Å². The Bertz CT molecular complexity index is 1070. The predicted molar refractivity (Wildman–Crippen MR) is 153 cm³/mol. The predicted octanol–water partition coefficient (Wildman–Crippen LogP) is 10.1. The van der Waals surface area contributed by atoms with Gasteiger partial charge in [0.15, 0.2) is 5.52 Å². The Morgan fingerprint density at radius 1 is 0.780 bits per heavy atom. The molecule has 230 valence electrons. The van der Waals surface area contributed by atoms with Gasteiger partial charge in [0.2, 0.25) is 0 Å². The minimum absolute atomic E-state index is 0.215. The number of hydrogen-bond acceptors (Lipinski definition) is 3. The molecule has 0 N–H and O–H groups in total. The van der Waals surface area contributed by atoms with Crippen molar-refractivity contribution in [1.29, 1.82) is 0 Å². The summed E-state index contributed by atoms with van der Waals surface area (Å²) in [6.45, 7) is 9.10. The number of unbranched alkanes of at least 4 members (excludes halogenated alkanes) is 2. The van der Waals surface area contributed by atoms with Crippen molar-refractivity contribution in [2.75, 3.05) is 13.2 Å². The molecule has 0 radical (unpaired) electrons. The van der Waals surface area contributed by atoms with Crippen molar-refractivity contribution in [2.24, 2.45) is 11.8 Å². The quantitative estimate of drug-likeness (QED) is 0.133. The Labute approximate surface area is 241 Å². The number of hydrogen-bond donors (Lipinski definition) is 0. The highest BCUT2D eigenvalue weighted by molar-refractivity contribution is 7.66. The maximum atomic E-state index is 13.7. The van der Waals surface area contributed by atoms with Gasteiger partial charge in [-0.25, -0.2) is 0 Å². The third-order valence-corrected chi connectivity index (χ3v) is 8.31. The molecule has 3 unspecified atom stereocenters. The molecule has 0 amide bonds. The van der Waals surface area contributed by atoms with Crippen LogP contribution in [-0.2, 0) is 12.4 Å². The third kappa shape index (κ3) is 10.8. The van der Waals surface area contributed by atoms with E-state index >= 15 is 0 Å². The summed E-state index contributed by atoms with van der Waals surface area (Å²) in [4.78, 5) is 13.2. The van der Waals surface area contributed by atoms with Gasteiger partial charge >= 0.3 is 12.4 Å². The van der Waals surface area contributed by atoms with Crippen LogP contribution in [0.4, 0.5) is 26.3 Å². The number of rotatable bonds is 17. The van der Waals surface area contributed by atoms with Crippen LogP contribution in [-0.4, -0.2) is 18.7 Å². The Kier molecular flexibility index (Phi) is 14.0. The first-order valence-electron chi connectivity index (χ1n) is 14.3. The normalized spacial score (nSPS) is 13.9. The molecule has 0 fully saturated rings. The molecule has 0 heterocycles. The van der Waals surface area contributed by atoms with Gasteiger partial charge in [0.05, 0.1) is 24.3 Å². The third-order valence-electron chi connectivity index (χ3n) is 7.15. The highest BCUT2D eigenvalue weighted by atomic mass is 31.1. The number of ether oxygens (including phenoxy) is 2. The first kappa shape index (κ1) is 34.9. The van der Waals surface area contributed by atoms with Crippen LogP contribution < -0.4 is 14.8 Å². The van der Waals surface area contributed by atoms with Gasteiger partial charge in [-0.2, -0.15) is 26.3 Å². The Hall–Kier alpha value is -2.28. The van der Waals surface area contributed by atoms with Crippen molar-refractivity contribution < 1.29 is 40.6 Å². The average molecular weight is 607 g/mol. The summed E-state index contributed by atoms with van der Waals surface area (Å²) in [6.07, 6.45) is -2.38. The molecule has 3 nitrogen and oxygen atoms in total. The van der Waals surface area contributed by atoms with Gasteiger partial charge in [0.25, 0.3) is 0 Å². The molecule has 2 aromatic carbocycles. The fraction of sp³-hybridized carbons (Fsp3) is 0.581. The molecule has 0 aliphatic heterocycles. The van der Waals surface area contributed by atoms with E-state index in [0.717, 1.165) is 51.4 Å². The van der Waals surface area contributed by atoms with Crippen molar-refractivity contribution in [3.05, 3.63) is 53.1 Å². The highest BCUT2D eigenvalue weighted by Crippen LogP contribution is 2.42. The van der Waals surface area contributed by atoms with Crippen molar-refractivity contribution in [2.45, 2.75) is 91.4 Å². The van der Waals surface area contributed by atoms with E-state index in [4.69, 9.17) is 9.47 Å². The van der Waals surface area contributed by atoms with Gasteiger partial charge in [-0.05, 0) is 57.5 Å². The van der Waals surface area contributed by atoms with Crippen LogP contribution in [0.15, 0.2) is 36.4 Å². The molecule has 2 rings (SSSR count). The van der Waals surface area contributed by atoms with Crippen LogP contribution >= 0.6 is 8.58 Å². The summed E-state index contributed by atoms with van der Waals surface area (Å²) in [5, 5.41) is 0.232. The molecule has 3 atom stereocenters. The molecule has 0 bridgehead atoms. The van der Waals surface area contributed by atoms with Crippen LogP contribution in [0.5, 0.6) is 11.5 Å². The lowest BCUT2D eigenvalue weighted by atomic mass is 10.0. The molecule has 10 heteroatoms. The second-order valence-corrected chi connectivity index (χ2v) is 11.5. The zero-order valence-corrected chi connectivity index (χ0v) is 25.2. The van der Waals surface area contributed by atoms with Crippen molar-refractivity contribution in [3.63, 3.8) is 0 Å². The van der Waals surface area contributed by atoms with Gasteiger partial charge in [-0.15, -0.1) is 0 Å². The van der Waals surface area contributed by atoms with Crippen LogP contribution in [0.3, 0.4) is 0 Å². The minimum atomic E-state index is -5.13. The summed E-state index contributed by atoms with van der Waals surface area (Å²) in [6, 6.07) is 6.36. The molecular formula is C31H41F6O3P. The molecule has 41 heavy (non-hydrogen) atoms. The second kappa shape index (κ2) is 16.4. The zero-order chi connectivity index (χ0) is 30.6. The molecular weight excluding hydrogens is 565 g/mol. The van der Waals surface area contributed by atoms with Crippen LogP contribution in [0.25, 0.3) is 0 Å². The van der Waals surface area contributed by atoms with Gasteiger partial charge < -0.3 is 9.47 Å². The fourth-order valence-electron chi connectivity index (χ4n) is 4.49. The van der Waals surface area contributed by atoms with E-state index in [0.29, 0.717) is 43.1 Å². The SMILES string of the molecule is CCCCC(CC)COc1ccc(PC(=O)c2c(C(F)(F)F)cccc2C(F)(F)F)c(OCC(CC)CCCC)c1. The van der Waals surface area contributed by atoms with Gasteiger partial charge in [-0.3, -0.25) is 4.79 Å². The van der Waals surface area contributed by atoms with E-state index in [1.54, 1.807) is 12.1 Å². The monoisotopic (exact) mass is 606 g/mol. The Balaban J connectivity index is 2.43. The van der Waals surface area contributed by atoms with Crippen molar-refractivity contribution in [1.82, 2.24) is 0 Å². The maximum absolute atomic E-state index is 13.7. The van der Waals surface area contributed by atoms with E-state index in [9.17, 15) is 31.1 Å². The fourth-order valence-corrected chi connectivity index (χ4v) is 5.56. The van der Waals surface area contributed by atoms with E-state index < -0.39 is 43.1 Å². The van der Waals surface area contributed by atoms with E-state index in [1.165, 1.54) is 6.07 Å². The molecule has 0 aliphatic rings. The van der Waals surface area contributed by atoms with Gasteiger partial charge in [0.1, 0.15) is 11.5 Å². The van der Waals surface area contributed by atoms with Crippen LogP contribution in [0.2, 0.25) is 0 Å². The molecule has 2 aromatic rings. The van der Waals surface area contributed by atoms with Crippen molar-refractivity contribution >= 4 is 19.4 Å². The summed E-state index contributed by atoms with van der Waals surface area (Å²) in [7, 11) is -1.02. The summed E-state index contributed by atoms with van der Waals surface area (Å²) in [5.74, 6) is 1.28. The lowest BCUT2D eigenvalue weighted by molar-refractivity contribution is -0.143. The van der Waals surface area contributed by atoms with E-state index in [1.807, 2.05) is 6.92 Å². The number of carbonyl (C=O) groups excluding carboxylic acids is 1. The number of halogens is 6. The molecule has 0 aromatic heterocycles. The summed E-state index contributed by atoms with van der Waals surface area (Å²) >= 11 is 0.